The fourth-order valence-electron chi connectivity index (χ4n) is 2.72. The molecule has 0 heterocycles. The number of hydrogen-bond donors (Lipinski definition) is 0. The van der Waals surface area contributed by atoms with E-state index in [-0.39, 0.29) is 0 Å². The first-order valence-corrected chi connectivity index (χ1v) is 6.76. The molecule has 1 saturated carbocycles. The fourth-order valence-corrected chi connectivity index (χ4v) is 2.72. The van der Waals surface area contributed by atoms with E-state index in [4.69, 9.17) is 0 Å². The molecule has 0 spiro atoms. The lowest BCUT2D eigenvalue weighted by molar-refractivity contribution is 0.522. The third kappa shape index (κ3) is 3.66. The monoisotopic (exact) mass is 208 g/mol. The first kappa shape index (κ1) is 12.8. The summed E-state index contributed by atoms with van der Waals surface area (Å²) in [4.78, 5) is 0. The minimum Gasteiger partial charge on any atom is -0.0741 e. The number of rotatable bonds is 6. The average molecular weight is 208 g/mol. The summed E-state index contributed by atoms with van der Waals surface area (Å²) in [7, 11) is 0. The van der Waals surface area contributed by atoms with Gasteiger partial charge in [0.15, 0.2) is 0 Å². The molecule has 88 valence electrons. The molecule has 0 aliphatic heterocycles. The van der Waals surface area contributed by atoms with Crippen molar-refractivity contribution in [2.45, 2.75) is 66.7 Å². The highest BCUT2D eigenvalue weighted by Crippen LogP contribution is 2.46. The largest absolute Gasteiger partial charge is 0.0741 e. The van der Waals surface area contributed by atoms with E-state index in [2.05, 4.69) is 34.6 Å². The first-order chi connectivity index (χ1) is 7.10. The third-order valence-corrected chi connectivity index (χ3v) is 4.29. The van der Waals surface area contributed by atoms with Crippen LogP contribution in [0.5, 0.6) is 0 Å². The van der Waals surface area contributed by atoms with E-state index >= 15 is 0 Å². The van der Waals surface area contributed by atoms with Gasteiger partial charge in [-0.25, -0.2) is 0 Å². The first-order valence-electron chi connectivity index (χ1n) is 6.76. The molecule has 0 radical (unpaired) electrons. The second-order valence-electron chi connectivity index (χ2n) is 5.51. The molecule has 3 atom stereocenters. The van der Waals surface area contributed by atoms with E-state index in [1.807, 2.05) is 0 Å². The zero-order chi connectivity index (χ0) is 11.4. The molecule has 0 heteroatoms. The number of hydrogen-bond acceptors (Lipinski definition) is 0. The Bertz CT molecular complexity index is 224. The summed E-state index contributed by atoms with van der Waals surface area (Å²) in [5.74, 6) is 2.93. The summed E-state index contributed by atoms with van der Waals surface area (Å²) in [6, 6.07) is 0. The van der Waals surface area contributed by atoms with Crippen molar-refractivity contribution in [1.82, 2.24) is 0 Å². The second kappa shape index (κ2) is 5.72. The van der Waals surface area contributed by atoms with Gasteiger partial charge in [0.1, 0.15) is 0 Å². The zero-order valence-corrected chi connectivity index (χ0v) is 11.3. The molecule has 0 N–H and O–H groups in total. The highest BCUT2D eigenvalue weighted by molar-refractivity contribution is 5.13. The normalized spacial score (nSPS) is 28.6. The van der Waals surface area contributed by atoms with Gasteiger partial charge in [-0.3, -0.25) is 0 Å². The van der Waals surface area contributed by atoms with Gasteiger partial charge in [-0.05, 0) is 50.9 Å². The minimum absolute atomic E-state index is 0.818. The maximum Gasteiger partial charge on any atom is -0.0229 e. The Labute approximate surface area is 96.2 Å². The van der Waals surface area contributed by atoms with Crippen molar-refractivity contribution in [1.29, 1.82) is 0 Å². The lowest BCUT2D eigenvalue weighted by Gasteiger charge is -2.15. The summed E-state index contributed by atoms with van der Waals surface area (Å²) >= 11 is 0. The molecule has 0 nitrogen and oxygen atoms in total. The molecule has 0 aromatic carbocycles. The van der Waals surface area contributed by atoms with Crippen LogP contribution in [0.2, 0.25) is 0 Å². The molecule has 1 aliphatic rings. The van der Waals surface area contributed by atoms with Crippen molar-refractivity contribution in [2.24, 2.45) is 17.8 Å². The van der Waals surface area contributed by atoms with Gasteiger partial charge in [0.05, 0.1) is 0 Å². The van der Waals surface area contributed by atoms with Crippen LogP contribution in [-0.2, 0) is 0 Å². The van der Waals surface area contributed by atoms with Gasteiger partial charge >= 0.3 is 0 Å². The van der Waals surface area contributed by atoms with Crippen LogP contribution >= 0.6 is 0 Å². The van der Waals surface area contributed by atoms with Gasteiger partial charge in [-0.1, -0.05) is 44.8 Å². The molecular formula is C15H28. The van der Waals surface area contributed by atoms with Gasteiger partial charge in [0, 0.05) is 0 Å². The summed E-state index contributed by atoms with van der Waals surface area (Å²) in [6.07, 6.45) is 6.91. The van der Waals surface area contributed by atoms with Crippen molar-refractivity contribution in [3.05, 3.63) is 11.1 Å². The summed E-state index contributed by atoms with van der Waals surface area (Å²) in [5.41, 5.74) is 3.30. The Hall–Kier alpha value is -0.260. The van der Waals surface area contributed by atoms with E-state index < -0.39 is 0 Å². The molecule has 1 fully saturated rings. The second-order valence-corrected chi connectivity index (χ2v) is 5.51. The van der Waals surface area contributed by atoms with E-state index in [0.29, 0.717) is 0 Å². The van der Waals surface area contributed by atoms with Crippen LogP contribution in [-0.4, -0.2) is 0 Å². The Morgan fingerprint density at radius 2 is 1.87 bits per heavy atom. The minimum atomic E-state index is 0.818. The van der Waals surface area contributed by atoms with Crippen LogP contribution in [0.4, 0.5) is 0 Å². The molecule has 3 unspecified atom stereocenters. The Kier molecular flexibility index (Phi) is 4.89. The van der Waals surface area contributed by atoms with Gasteiger partial charge < -0.3 is 0 Å². The van der Waals surface area contributed by atoms with Crippen LogP contribution < -0.4 is 0 Å². The third-order valence-electron chi connectivity index (χ3n) is 4.29. The molecule has 0 saturated heterocycles. The highest BCUT2D eigenvalue weighted by Gasteiger charge is 2.35. The van der Waals surface area contributed by atoms with Crippen LogP contribution in [0.25, 0.3) is 0 Å². The SMILES string of the molecule is CCCC(C)=C(C)C(C)CC1CC1CC. The standard InChI is InChI=1S/C15H28/c1-6-8-11(3)13(5)12(4)9-15-10-14(15)7-2/h12,14-15H,6-10H2,1-5H3. The summed E-state index contributed by atoms with van der Waals surface area (Å²) in [6.45, 7) is 11.7. The molecule has 0 aromatic heterocycles. The van der Waals surface area contributed by atoms with Crippen LogP contribution in [0, 0.1) is 17.8 Å². The fraction of sp³-hybridized carbons (Fsp3) is 0.867. The predicted octanol–water partition coefficient (Wildman–Crippen LogP) is 5.20. The Morgan fingerprint density at radius 1 is 1.20 bits per heavy atom. The van der Waals surface area contributed by atoms with E-state index in [9.17, 15) is 0 Å². The van der Waals surface area contributed by atoms with Crippen molar-refractivity contribution < 1.29 is 0 Å². The van der Waals surface area contributed by atoms with Crippen molar-refractivity contribution in [3.8, 4) is 0 Å². The van der Waals surface area contributed by atoms with Gasteiger partial charge in [-0.15, -0.1) is 0 Å². The maximum atomic E-state index is 2.42. The zero-order valence-electron chi connectivity index (χ0n) is 11.3. The topological polar surface area (TPSA) is 0 Å². The molecule has 1 aliphatic carbocycles. The predicted molar refractivity (Wildman–Crippen MR) is 69.0 cm³/mol. The molecule has 0 aromatic rings. The lowest BCUT2D eigenvalue weighted by Crippen LogP contribution is -2.01. The molecule has 1 rings (SSSR count). The molecule has 0 bridgehead atoms. The van der Waals surface area contributed by atoms with Crippen LogP contribution in [0.15, 0.2) is 11.1 Å². The van der Waals surface area contributed by atoms with Gasteiger partial charge in [0.25, 0.3) is 0 Å². The van der Waals surface area contributed by atoms with Gasteiger partial charge in [0.2, 0.25) is 0 Å². The van der Waals surface area contributed by atoms with Gasteiger partial charge in [-0.2, -0.15) is 0 Å². The van der Waals surface area contributed by atoms with Crippen molar-refractivity contribution in [2.75, 3.05) is 0 Å². The lowest BCUT2D eigenvalue weighted by atomic mass is 9.91. The summed E-state index contributed by atoms with van der Waals surface area (Å²) < 4.78 is 0. The van der Waals surface area contributed by atoms with Crippen LogP contribution in [0.3, 0.4) is 0 Å². The highest BCUT2D eigenvalue weighted by atomic mass is 14.4. The molecular weight excluding hydrogens is 180 g/mol. The molecule has 0 amide bonds. The Balaban J connectivity index is 2.39. The Morgan fingerprint density at radius 3 is 2.33 bits per heavy atom. The van der Waals surface area contributed by atoms with E-state index in [1.165, 1.54) is 32.1 Å². The van der Waals surface area contributed by atoms with Crippen molar-refractivity contribution in [3.63, 3.8) is 0 Å². The number of allylic oxidation sites excluding steroid dienone is 2. The maximum absolute atomic E-state index is 2.42. The quantitative estimate of drug-likeness (QED) is 0.527. The van der Waals surface area contributed by atoms with Crippen molar-refractivity contribution >= 4 is 0 Å². The van der Waals surface area contributed by atoms with E-state index in [0.717, 1.165) is 17.8 Å². The molecule has 15 heavy (non-hydrogen) atoms. The van der Waals surface area contributed by atoms with E-state index in [1.54, 1.807) is 11.1 Å². The smallest absolute Gasteiger partial charge is 0.0229 e. The van der Waals surface area contributed by atoms with Crippen LogP contribution in [0.1, 0.15) is 66.7 Å². The summed E-state index contributed by atoms with van der Waals surface area (Å²) in [5, 5.41) is 0. The average Bonchev–Trinajstić information content (AvgIpc) is 2.95.